The molecule has 0 aliphatic heterocycles. The van der Waals surface area contributed by atoms with Crippen molar-refractivity contribution in [1.29, 1.82) is 0 Å². The van der Waals surface area contributed by atoms with Crippen molar-refractivity contribution >= 4 is 22.8 Å². The molecule has 0 N–H and O–H groups in total. The van der Waals surface area contributed by atoms with Crippen LogP contribution in [0.1, 0.15) is 64.3 Å². The highest BCUT2D eigenvalue weighted by atomic mass is 35.5. The van der Waals surface area contributed by atoms with Crippen LogP contribution in [0.3, 0.4) is 0 Å². The Bertz CT molecular complexity index is 1150. The summed E-state index contributed by atoms with van der Waals surface area (Å²) in [5, 5.41) is 0.469. The second-order valence-electron chi connectivity index (χ2n) is 7.76. The Labute approximate surface area is 175 Å². The van der Waals surface area contributed by atoms with Crippen LogP contribution in [0.15, 0.2) is 27.8 Å². The van der Waals surface area contributed by atoms with Gasteiger partial charge in [-0.05, 0) is 30.0 Å². The number of hydrogen-bond acceptors (Lipinski definition) is 3. The molecule has 0 amide bonds. The minimum Gasteiger partial charge on any atom is -0.322 e. The van der Waals surface area contributed by atoms with Gasteiger partial charge in [-0.2, -0.15) is 0 Å². The summed E-state index contributed by atoms with van der Waals surface area (Å²) in [5.74, 6) is 1.13. The maximum Gasteiger partial charge on any atom is 0.337 e. The van der Waals surface area contributed by atoms with Gasteiger partial charge in [0.15, 0.2) is 11.2 Å². The van der Waals surface area contributed by atoms with Crippen LogP contribution in [0.5, 0.6) is 0 Å². The molecule has 0 aliphatic carbocycles. The van der Waals surface area contributed by atoms with Gasteiger partial charge in [-0.1, -0.05) is 58.2 Å². The predicted molar refractivity (Wildman–Crippen MR) is 119 cm³/mol. The molecule has 0 radical (unpaired) electrons. The quantitative estimate of drug-likeness (QED) is 0.536. The Balaban J connectivity index is 2.34. The monoisotopic (exact) mass is 416 g/mol. The predicted octanol–water partition coefficient (Wildman–Crippen LogP) is 4.42. The topological polar surface area (TPSA) is 61.8 Å². The Morgan fingerprint density at radius 1 is 1.14 bits per heavy atom. The third-order valence-corrected chi connectivity index (χ3v) is 5.71. The molecule has 0 saturated carbocycles. The summed E-state index contributed by atoms with van der Waals surface area (Å²) in [5.41, 5.74) is 1.71. The van der Waals surface area contributed by atoms with Gasteiger partial charge in [-0.3, -0.25) is 9.36 Å². The average Bonchev–Trinajstić information content (AvgIpc) is 3.06. The van der Waals surface area contributed by atoms with E-state index in [-0.39, 0.29) is 5.56 Å². The summed E-state index contributed by atoms with van der Waals surface area (Å²) in [4.78, 5) is 30.8. The van der Waals surface area contributed by atoms with Gasteiger partial charge in [0.1, 0.15) is 5.82 Å². The molecular weight excluding hydrogens is 388 g/mol. The maximum absolute atomic E-state index is 13.1. The fourth-order valence-corrected chi connectivity index (χ4v) is 3.92. The summed E-state index contributed by atoms with van der Waals surface area (Å²) in [6, 6.07) is 5.68. The van der Waals surface area contributed by atoms with E-state index in [1.165, 1.54) is 11.6 Å². The number of nitrogens with zero attached hydrogens (tertiary/aromatic N) is 4. The first-order valence-electron chi connectivity index (χ1n) is 10.3. The summed E-state index contributed by atoms with van der Waals surface area (Å²) in [6.45, 7) is 9.04. The first-order chi connectivity index (χ1) is 13.8. The molecule has 0 saturated heterocycles. The molecule has 0 unspecified atom stereocenters. The van der Waals surface area contributed by atoms with Crippen LogP contribution in [-0.2, 0) is 20.0 Å². The molecule has 3 aromatic rings. The Morgan fingerprint density at radius 2 is 1.86 bits per heavy atom. The van der Waals surface area contributed by atoms with Crippen molar-refractivity contribution in [2.75, 3.05) is 0 Å². The lowest BCUT2D eigenvalue weighted by Gasteiger charge is -2.13. The lowest BCUT2D eigenvalue weighted by molar-refractivity contribution is 0.591. The van der Waals surface area contributed by atoms with Crippen LogP contribution in [0.4, 0.5) is 0 Å². The van der Waals surface area contributed by atoms with Gasteiger partial charge in [0, 0.05) is 20.0 Å². The van der Waals surface area contributed by atoms with E-state index in [2.05, 4.69) is 20.8 Å². The minimum absolute atomic E-state index is 0.320. The largest absolute Gasteiger partial charge is 0.337 e. The number of rotatable bonds is 7. The highest BCUT2D eigenvalue weighted by Gasteiger charge is 2.21. The van der Waals surface area contributed by atoms with Crippen LogP contribution in [0.25, 0.3) is 16.9 Å². The SMILES string of the molecule is CCCCCn1c(CC)nc2c1c(=O)n(C)c(=O)n2-c1ccc(C(C)C)cc1Cl. The maximum atomic E-state index is 13.1. The number of unbranched alkanes of at least 4 members (excludes halogenated alkanes) is 2. The van der Waals surface area contributed by atoms with Gasteiger partial charge in [0.05, 0.1) is 10.7 Å². The van der Waals surface area contributed by atoms with E-state index in [1.54, 1.807) is 0 Å². The molecule has 7 heteroatoms. The van der Waals surface area contributed by atoms with E-state index >= 15 is 0 Å². The van der Waals surface area contributed by atoms with Crippen LogP contribution >= 0.6 is 11.6 Å². The first kappa shape index (κ1) is 21.4. The molecule has 6 nitrogen and oxygen atoms in total. The summed E-state index contributed by atoms with van der Waals surface area (Å²) < 4.78 is 4.59. The standard InChI is InChI=1S/C22H29ClN4O2/c1-6-8-9-12-26-18(7-2)24-20-19(26)21(28)25(5)22(29)27(20)17-11-10-15(14(3)4)13-16(17)23/h10-11,13-14H,6-9,12H2,1-5H3. The molecule has 0 spiro atoms. The molecule has 0 fully saturated rings. The zero-order chi connectivity index (χ0) is 21.3. The molecule has 1 aromatic carbocycles. The van der Waals surface area contributed by atoms with Gasteiger partial charge >= 0.3 is 5.69 Å². The molecular formula is C22H29ClN4O2. The van der Waals surface area contributed by atoms with E-state index in [0.717, 1.165) is 35.2 Å². The number of imidazole rings is 1. The zero-order valence-electron chi connectivity index (χ0n) is 17.8. The fraction of sp³-hybridized carbons (Fsp3) is 0.500. The number of fused-ring (bicyclic) bond motifs is 1. The Hall–Kier alpha value is -2.34. The molecule has 0 atom stereocenters. The van der Waals surface area contributed by atoms with Crippen LogP contribution < -0.4 is 11.2 Å². The Kier molecular flexibility index (Phi) is 6.32. The van der Waals surface area contributed by atoms with Crippen molar-refractivity contribution in [2.45, 2.75) is 65.8 Å². The van der Waals surface area contributed by atoms with Gasteiger partial charge in [0.25, 0.3) is 5.56 Å². The van der Waals surface area contributed by atoms with Gasteiger partial charge in [-0.25, -0.2) is 14.3 Å². The van der Waals surface area contributed by atoms with Crippen molar-refractivity contribution < 1.29 is 0 Å². The van der Waals surface area contributed by atoms with Crippen molar-refractivity contribution in [3.63, 3.8) is 0 Å². The summed E-state index contributed by atoms with van der Waals surface area (Å²) in [7, 11) is 1.51. The lowest BCUT2D eigenvalue weighted by atomic mass is 10.0. The average molecular weight is 417 g/mol. The van der Waals surface area contributed by atoms with Gasteiger partial charge in [0.2, 0.25) is 0 Å². The highest BCUT2D eigenvalue weighted by molar-refractivity contribution is 6.32. The number of aromatic nitrogens is 4. The second kappa shape index (κ2) is 8.57. The zero-order valence-corrected chi connectivity index (χ0v) is 18.6. The number of aryl methyl sites for hydroxylation is 2. The fourth-order valence-electron chi connectivity index (χ4n) is 3.65. The van der Waals surface area contributed by atoms with Crippen molar-refractivity contribution in [3.05, 3.63) is 55.4 Å². The van der Waals surface area contributed by atoms with Crippen molar-refractivity contribution in [3.8, 4) is 5.69 Å². The summed E-state index contributed by atoms with van der Waals surface area (Å²) in [6.07, 6.45) is 3.80. The van der Waals surface area contributed by atoms with Crippen molar-refractivity contribution in [1.82, 2.24) is 18.7 Å². The molecule has 156 valence electrons. The van der Waals surface area contributed by atoms with Crippen LogP contribution in [-0.4, -0.2) is 18.7 Å². The van der Waals surface area contributed by atoms with Crippen LogP contribution in [0, 0.1) is 0 Å². The highest BCUT2D eigenvalue weighted by Crippen LogP contribution is 2.27. The Morgan fingerprint density at radius 3 is 2.45 bits per heavy atom. The van der Waals surface area contributed by atoms with E-state index in [1.807, 2.05) is 29.7 Å². The minimum atomic E-state index is -0.442. The van der Waals surface area contributed by atoms with E-state index in [9.17, 15) is 9.59 Å². The van der Waals surface area contributed by atoms with E-state index in [4.69, 9.17) is 16.6 Å². The smallest absolute Gasteiger partial charge is 0.322 e. The molecule has 3 rings (SSSR count). The normalized spacial score (nSPS) is 11.7. The van der Waals surface area contributed by atoms with Crippen LogP contribution in [0.2, 0.25) is 5.02 Å². The second-order valence-corrected chi connectivity index (χ2v) is 8.17. The van der Waals surface area contributed by atoms with E-state index in [0.29, 0.717) is 40.8 Å². The van der Waals surface area contributed by atoms with Crippen molar-refractivity contribution in [2.24, 2.45) is 7.05 Å². The number of halogens is 1. The first-order valence-corrected chi connectivity index (χ1v) is 10.7. The van der Waals surface area contributed by atoms with Gasteiger partial charge in [-0.15, -0.1) is 0 Å². The molecule has 2 heterocycles. The molecule has 0 bridgehead atoms. The summed E-state index contributed by atoms with van der Waals surface area (Å²) >= 11 is 6.57. The van der Waals surface area contributed by atoms with Gasteiger partial charge < -0.3 is 4.57 Å². The van der Waals surface area contributed by atoms with E-state index < -0.39 is 5.69 Å². The molecule has 0 aliphatic rings. The lowest BCUT2D eigenvalue weighted by Crippen LogP contribution is -2.38. The third-order valence-electron chi connectivity index (χ3n) is 5.41. The number of benzene rings is 1. The number of hydrogen-bond donors (Lipinski definition) is 0. The molecule has 2 aromatic heterocycles. The third kappa shape index (κ3) is 3.78. The molecule has 29 heavy (non-hydrogen) atoms.